The number of alkyl halides is 1. The molecule has 0 aliphatic heterocycles. The highest BCUT2D eigenvalue weighted by atomic mass is 19.1. The standard InChI is InChI=1S/C17H18F2/c1-13-5-8-15(9-6-13)16-10-7-14(12-17(16)19)4-2-3-11-18/h5-10,12H,2-4,11H2,1H3. The van der Waals surface area contributed by atoms with Crippen LogP contribution in [-0.2, 0) is 6.42 Å². The first-order valence-corrected chi connectivity index (χ1v) is 6.62. The molecule has 2 rings (SSSR count). The predicted octanol–water partition coefficient (Wildman–Crippen LogP) is 5.09. The summed E-state index contributed by atoms with van der Waals surface area (Å²) < 4.78 is 26.1. The molecule has 0 heterocycles. The third kappa shape index (κ3) is 3.63. The van der Waals surface area contributed by atoms with Crippen LogP contribution in [0.4, 0.5) is 8.78 Å². The van der Waals surface area contributed by atoms with Crippen molar-refractivity contribution in [3.05, 3.63) is 59.4 Å². The van der Waals surface area contributed by atoms with E-state index in [9.17, 15) is 8.78 Å². The monoisotopic (exact) mass is 260 g/mol. The predicted molar refractivity (Wildman–Crippen MR) is 75.5 cm³/mol. The van der Waals surface area contributed by atoms with E-state index in [1.165, 1.54) is 0 Å². The van der Waals surface area contributed by atoms with Crippen LogP contribution in [0.2, 0.25) is 0 Å². The molecule has 0 aromatic heterocycles. The summed E-state index contributed by atoms with van der Waals surface area (Å²) in [4.78, 5) is 0. The first-order valence-electron chi connectivity index (χ1n) is 6.62. The molecule has 0 fully saturated rings. The minimum absolute atomic E-state index is 0.207. The van der Waals surface area contributed by atoms with Crippen molar-refractivity contribution in [3.63, 3.8) is 0 Å². The van der Waals surface area contributed by atoms with Crippen molar-refractivity contribution < 1.29 is 8.78 Å². The third-order valence-electron chi connectivity index (χ3n) is 3.25. The molecule has 0 spiro atoms. The fourth-order valence-electron chi connectivity index (χ4n) is 2.10. The van der Waals surface area contributed by atoms with Gasteiger partial charge in [-0.15, -0.1) is 0 Å². The van der Waals surface area contributed by atoms with E-state index in [0.717, 1.165) is 29.5 Å². The van der Waals surface area contributed by atoms with Gasteiger partial charge in [-0.1, -0.05) is 42.0 Å². The van der Waals surface area contributed by atoms with Crippen LogP contribution in [0.1, 0.15) is 24.0 Å². The Hall–Kier alpha value is -1.70. The van der Waals surface area contributed by atoms with Gasteiger partial charge < -0.3 is 0 Å². The highest BCUT2D eigenvalue weighted by Crippen LogP contribution is 2.24. The lowest BCUT2D eigenvalue weighted by molar-refractivity contribution is 0.462. The number of unbranched alkanes of at least 4 members (excludes halogenated alkanes) is 1. The highest BCUT2D eigenvalue weighted by Gasteiger charge is 2.06. The van der Waals surface area contributed by atoms with Gasteiger partial charge in [0.1, 0.15) is 5.82 Å². The summed E-state index contributed by atoms with van der Waals surface area (Å²) in [6.07, 6.45) is 2.04. The van der Waals surface area contributed by atoms with Crippen LogP contribution in [-0.4, -0.2) is 6.67 Å². The van der Waals surface area contributed by atoms with E-state index in [2.05, 4.69) is 0 Å². The zero-order valence-electron chi connectivity index (χ0n) is 11.1. The van der Waals surface area contributed by atoms with Gasteiger partial charge >= 0.3 is 0 Å². The van der Waals surface area contributed by atoms with Gasteiger partial charge in [0.15, 0.2) is 0 Å². The smallest absolute Gasteiger partial charge is 0.131 e. The van der Waals surface area contributed by atoms with Gasteiger partial charge in [-0.2, -0.15) is 0 Å². The lowest BCUT2D eigenvalue weighted by atomic mass is 10.00. The van der Waals surface area contributed by atoms with Crippen molar-refractivity contribution >= 4 is 0 Å². The molecule has 0 radical (unpaired) electrons. The Bertz CT molecular complexity index is 529. The fraction of sp³-hybridized carbons (Fsp3) is 0.294. The molecular weight excluding hydrogens is 242 g/mol. The Balaban J connectivity index is 2.17. The number of aryl methyl sites for hydroxylation is 2. The molecular formula is C17H18F2. The van der Waals surface area contributed by atoms with Gasteiger partial charge in [0, 0.05) is 5.56 Å². The summed E-state index contributed by atoms with van der Waals surface area (Å²) in [6, 6.07) is 13.1. The minimum atomic E-state index is -0.302. The van der Waals surface area contributed by atoms with Crippen LogP contribution in [0.3, 0.4) is 0 Å². The van der Waals surface area contributed by atoms with Gasteiger partial charge in [-0.05, 0) is 43.4 Å². The van der Waals surface area contributed by atoms with Gasteiger partial charge in [-0.25, -0.2) is 4.39 Å². The number of halogens is 2. The van der Waals surface area contributed by atoms with Crippen LogP contribution >= 0.6 is 0 Å². The van der Waals surface area contributed by atoms with Crippen molar-refractivity contribution in [2.75, 3.05) is 6.67 Å². The maximum absolute atomic E-state index is 14.1. The summed E-state index contributed by atoms with van der Waals surface area (Å²) in [7, 11) is 0. The summed E-state index contributed by atoms with van der Waals surface area (Å²) in [6.45, 7) is 1.71. The number of rotatable bonds is 5. The van der Waals surface area contributed by atoms with E-state index < -0.39 is 0 Å². The molecule has 2 aromatic carbocycles. The van der Waals surface area contributed by atoms with Crippen molar-refractivity contribution in [3.8, 4) is 11.1 Å². The van der Waals surface area contributed by atoms with Crippen molar-refractivity contribution in [2.45, 2.75) is 26.2 Å². The first kappa shape index (κ1) is 13.7. The highest BCUT2D eigenvalue weighted by molar-refractivity contribution is 5.64. The van der Waals surface area contributed by atoms with Gasteiger partial charge in [-0.3, -0.25) is 4.39 Å². The van der Waals surface area contributed by atoms with Crippen LogP contribution in [0.15, 0.2) is 42.5 Å². The number of benzene rings is 2. The Labute approximate surface area is 113 Å². The Morgan fingerprint density at radius 1 is 0.947 bits per heavy atom. The second-order valence-electron chi connectivity index (χ2n) is 4.83. The van der Waals surface area contributed by atoms with Crippen LogP contribution < -0.4 is 0 Å². The molecule has 2 aromatic rings. The van der Waals surface area contributed by atoms with E-state index in [4.69, 9.17) is 0 Å². The average molecular weight is 260 g/mol. The Morgan fingerprint density at radius 2 is 1.68 bits per heavy atom. The summed E-state index contributed by atoms with van der Waals surface area (Å²) >= 11 is 0. The summed E-state index contributed by atoms with van der Waals surface area (Å²) in [5, 5.41) is 0. The maximum atomic E-state index is 14.1. The maximum Gasteiger partial charge on any atom is 0.131 e. The van der Waals surface area contributed by atoms with Crippen LogP contribution in [0, 0.1) is 12.7 Å². The van der Waals surface area contributed by atoms with E-state index in [0.29, 0.717) is 12.0 Å². The Morgan fingerprint density at radius 3 is 2.32 bits per heavy atom. The molecule has 0 bridgehead atoms. The van der Waals surface area contributed by atoms with Crippen molar-refractivity contribution in [2.24, 2.45) is 0 Å². The van der Waals surface area contributed by atoms with Gasteiger partial charge in [0.25, 0.3) is 0 Å². The lowest BCUT2D eigenvalue weighted by Crippen LogP contribution is -1.91. The molecule has 19 heavy (non-hydrogen) atoms. The van der Waals surface area contributed by atoms with Crippen LogP contribution in [0.5, 0.6) is 0 Å². The molecule has 0 saturated heterocycles. The molecule has 0 unspecified atom stereocenters. The first-order chi connectivity index (χ1) is 9.20. The topological polar surface area (TPSA) is 0 Å². The lowest BCUT2D eigenvalue weighted by Gasteiger charge is -2.07. The molecule has 2 heteroatoms. The molecule has 0 nitrogen and oxygen atoms in total. The largest absolute Gasteiger partial charge is 0.251 e. The van der Waals surface area contributed by atoms with E-state index in [-0.39, 0.29) is 12.5 Å². The zero-order chi connectivity index (χ0) is 13.7. The van der Waals surface area contributed by atoms with E-state index in [1.54, 1.807) is 6.07 Å². The second kappa shape index (κ2) is 6.46. The average Bonchev–Trinajstić information content (AvgIpc) is 2.41. The summed E-state index contributed by atoms with van der Waals surface area (Å²) in [5.74, 6) is -0.207. The minimum Gasteiger partial charge on any atom is -0.251 e. The molecule has 0 amide bonds. The molecule has 100 valence electrons. The SMILES string of the molecule is Cc1ccc(-c2ccc(CCCCF)cc2F)cc1. The molecule has 0 atom stereocenters. The second-order valence-corrected chi connectivity index (χ2v) is 4.83. The van der Waals surface area contributed by atoms with E-state index in [1.807, 2.05) is 43.3 Å². The molecule has 0 saturated carbocycles. The molecule has 0 N–H and O–H groups in total. The van der Waals surface area contributed by atoms with Crippen molar-refractivity contribution in [1.29, 1.82) is 0 Å². The van der Waals surface area contributed by atoms with Gasteiger partial charge in [0.05, 0.1) is 6.67 Å². The number of hydrogen-bond donors (Lipinski definition) is 0. The van der Waals surface area contributed by atoms with E-state index >= 15 is 0 Å². The summed E-state index contributed by atoms with van der Waals surface area (Å²) in [5.41, 5.74) is 3.60. The fourth-order valence-corrected chi connectivity index (χ4v) is 2.10. The third-order valence-corrected chi connectivity index (χ3v) is 3.25. The zero-order valence-corrected chi connectivity index (χ0v) is 11.1. The number of hydrogen-bond acceptors (Lipinski definition) is 0. The van der Waals surface area contributed by atoms with Crippen molar-refractivity contribution in [1.82, 2.24) is 0 Å². The molecule has 0 aliphatic carbocycles. The van der Waals surface area contributed by atoms with Crippen LogP contribution in [0.25, 0.3) is 11.1 Å². The quantitative estimate of drug-likeness (QED) is 0.657. The Kier molecular flexibility index (Phi) is 4.67. The molecule has 0 aliphatic rings. The normalized spacial score (nSPS) is 10.7. The van der Waals surface area contributed by atoms with Gasteiger partial charge in [0.2, 0.25) is 0 Å².